The molecular formula is C16H24N2O. The summed E-state index contributed by atoms with van der Waals surface area (Å²) in [6, 6.07) is 10.7. The first-order chi connectivity index (χ1) is 9.29. The van der Waals surface area contributed by atoms with Crippen LogP contribution >= 0.6 is 0 Å². The second-order valence-electron chi connectivity index (χ2n) is 5.31. The number of rotatable bonds is 4. The van der Waals surface area contributed by atoms with E-state index in [9.17, 15) is 4.79 Å². The molecule has 1 atom stereocenters. The molecule has 2 amide bonds. The van der Waals surface area contributed by atoms with Crippen molar-refractivity contribution < 1.29 is 4.79 Å². The molecule has 1 fully saturated rings. The summed E-state index contributed by atoms with van der Waals surface area (Å²) in [5, 5.41) is 2.90. The Bertz CT molecular complexity index is 391. The summed E-state index contributed by atoms with van der Waals surface area (Å²) in [6.45, 7) is 4.51. The third-order valence-electron chi connectivity index (χ3n) is 3.82. The normalized spacial score (nSPS) is 19.2. The van der Waals surface area contributed by atoms with Crippen molar-refractivity contribution in [2.45, 2.75) is 32.6 Å². The second kappa shape index (κ2) is 7.17. The SMILES string of the molecule is CCNC(=O)N1CCC[C@@H](CCc2ccccc2)C1. The van der Waals surface area contributed by atoms with Crippen molar-refractivity contribution in [3.8, 4) is 0 Å². The molecular weight excluding hydrogens is 236 g/mol. The van der Waals surface area contributed by atoms with Gasteiger partial charge in [-0.05, 0) is 44.1 Å². The lowest BCUT2D eigenvalue weighted by Crippen LogP contribution is -2.45. The lowest BCUT2D eigenvalue weighted by atomic mass is 9.92. The van der Waals surface area contributed by atoms with Gasteiger partial charge in [-0.15, -0.1) is 0 Å². The second-order valence-corrected chi connectivity index (χ2v) is 5.31. The molecule has 19 heavy (non-hydrogen) atoms. The van der Waals surface area contributed by atoms with E-state index in [0.29, 0.717) is 12.5 Å². The van der Waals surface area contributed by atoms with Crippen LogP contribution < -0.4 is 5.32 Å². The summed E-state index contributed by atoms with van der Waals surface area (Å²) in [5.41, 5.74) is 1.40. The Kier molecular flexibility index (Phi) is 5.25. The smallest absolute Gasteiger partial charge is 0.317 e. The van der Waals surface area contributed by atoms with Crippen LogP contribution in [0.4, 0.5) is 4.79 Å². The van der Waals surface area contributed by atoms with E-state index in [4.69, 9.17) is 0 Å². The van der Waals surface area contributed by atoms with Crippen molar-refractivity contribution in [2.24, 2.45) is 5.92 Å². The van der Waals surface area contributed by atoms with Crippen LogP contribution in [0.5, 0.6) is 0 Å². The Balaban J connectivity index is 1.79. The van der Waals surface area contributed by atoms with Crippen LogP contribution in [-0.4, -0.2) is 30.6 Å². The van der Waals surface area contributed by atoms with Gasteiger partial charge in [0.2, 0.25) is 0 Å². The zero-order chi connectivity index (χ0) is 13.5. The molecule has 1 aliphatic rings. The number of carbonyl (C=O) groups excluding carboxylic acids is 1. The fourth-order valence-corrected chi connectivity index (χ4v) is 2.76. The van der Waals surface area contributed by atoms with Crippen LogP contribution in [0.25, 0.3) is 0 Å². The van der Waals surface area contributed by atoms with Crippen LogP contribution in [0.15, 0.2) is 30.3 Å². The maximum atomic E-state index is 11.8. The first-order valence-electron chi connectivity index (χ1n) is 7.36. The molecule has 3 heteroatoms. The van der Waals surface area contributed by atoms with E-state index in [1.165, 1.54) is 18.4 Å². The van der Waals surface area contributed by atoms with Gasteiger partial charge in [0.05, 0.1) is 0 Å². The Morgan fingerprint density at radius 3 is 2.89 bits per heavy atom. The summed E-state index contributed by atoms with van der Waals surface area (Å²) in [4.78, 5) is 13.8. The van der Waals surface area contributed by atoms with Gasteiger partial charge in [0.15, 0.2) is 0 Å². The van der Waals surface area contributed by atoms with Gasteiger partial charge in [-0.25, -0.2) is 4.79 Å². The Hall–Kier alpha value is -1.51. The predicted octanol–water partition coefficient (Wildman–Crippen LogP) is 3.06. The predicted molar refractivity (Wildman–Crippen MR) is 78.1 cm³/mol. The lowest BCUT2D eigenvalue weighted by molar-refractivity contribution is 0.163. The van der Waals surface area contributed by atoms with E-state index in [1.54, 1.807) is 0 Å². The van der Waals surface area contributed by atoms with Gasteiger partial charge in [0.25, 0.3) is 0 Å². The minimum Gasteiger partial charge on any atom is -0.338 e. The molecule has 1 aromatic carbocycles. The Morgan fingerprint density at radius 1 is 1.37 bits per heavy atom. The van der Waals surface area contributed by atoms with Gasteiger partial charge in [-0.1, -0.05) is 30.3 Å². The average Bonchev–Trinajstić information content (AvgIpc) is 2.47. The molecule has 0 aliphatic carbocycles. The largest absolute Gasteiger partial charge is 0.338 e. The number of nitrogens with zero attached hydrogens (tertiary/aromatic N) is 1. The number of nitrogens with one attached hydrogen (secondary N) is 1. The number of piperidine rings is 1. The highest BCUT2D eigenvalue weighted by molar-refractivity contribution is 5.74. The molecule has 0 saturated carbocycles. The van der Waals surface area contributed by atoms with Gasteiger partial charge >= 0.3 is 6.03 Å². The van der Waals surface area contributed by atoms with Crippen LogP contribution in [0, 0.1) is 5.92 Å². The van der Waals surface area contributed by atoms with Crippen LogP contribution in [0.1, 0.15) is 31.7 Å². The zero-order valence-electron chi connectivity index (χ0n) is 11.8. The number of urea groups is 1. The number of hydrogen-bond donors (Lipinski definition) is 1. The van der Waals surface area contributed by atoms with E-state index in [-0.39, 0.29) is 6.03 Å². The molecule has 1 saturated heterocycles. The lowest BCUT2D eigenvalue weighted by Gasteiger charge is -2.32. The van der Waals surface area contributed by atoms with Crippen molar-refractivity contribution in [3.63, 3.8) is 0 Å². The molecule has 1 aliphatic heterocycles. The van der Waals surface area contributed by atoms with E-state index in [2.05, 4.69) is 35.6 Å². The highest BCUT2D eigenvalue weighted by Crippen LogP contribution is 2.21. The molecule has 1 N–H and O–H groups in total. The van der Waals surface area contributed by atoms with E-state index in [1.807, 2.05) is 11.8 Å². The molecule has 0 aromatic heterocycles. The fraction of sp³-hybridized carbons (Fsp3) is 0.562. The Morgan fingerprint density at radius 2 is 2.16 bits per heavy atom. The number of aryl methyl sites for hydroxylation is 1. The first-order valence-corrected chi connectivity index (χ1v) is 7.36. The maximum Gasteiger partial charge on any atom is 0.317 e. The van der Waals surface area contributed by atoms with Crippen molar-refractivity contribution >= 4 is 6.03 Å². The summed E-state index contributed by atoms with van der Waals surface area (Å²) >= 11 is 0. The number of likely N-dealkylation sites (tertiary alicyclic amines) is 1. The summed E-state index contributed by atoms with van der Waals surface area (Å²) < 4.78 is 0. The summed E-state index contributed by atoms with van der Waals surface area (Å²) in [5.74, 6) is 0.650. The topological polar surface area (TPSA) is 32.3 Å². The monoisotopic (exact) mass is 260 g/mol. The molecule has 3 nitrogen and oxygen atoms in total. The molecule has 104 valence electrons. The van der Waals surface area contributed by atoms with Crippen LogP contribution in [0.3, 0.4) is 0 Å². The molecule has 0 bridgehead atoms. The highest BCUT2D eigenvalue weighted by Gasteiger charge is 2.22. The van der Waals surface area contributed by atoms with E-state index >= 15 is 0 Å². The van der Waals surface area contributed by atoms with Gasteiger partial charge in [-0.3, -0.25) is 0 Å². The minimum atomic E-state index is 0.104. The molecule has 2 rings (SSSR count). The van der Waals surface area contributed by atoms with Gasteiger partial charge in [0.1, 0.15) is 0 Å². The average molecular weight is 260 g/mol. The molecule has 0 radical (unpaired) electrons. The van der Waals surface area contributed by atoms with Crippen molar-refractivity contribution in [2.75, 3.05) is 19.6 Å². The number of hydrogen-bond acceptors (Lipinski definition) is 1. The minimum absolute atomic E-state index is 0.104. The molecule has 0 spiro atoms. The quantitative estimate of drug-likeness (QED) is 0.886. The van der Waals surface area contributed by atoms with Gasteiger partial charge < -0.3 is 10.2 Å². The van der Waals surface area contributed by atoms with Crippen LogP contribution in [0.2, 0.25) is 0 Å². The number of carbonyl (C=O) groups is 1. The molecule has 0 unspecified atom stereocenters. The van der Waals surface area contributed by atoms with E-state index < -0.39 is 0 Å². The summed E-state index contributed by atoms with van der Waals surface area (Å²) in [6.07, 6.45) is 4.69. The first kappa shape index (κ1) is 13.9. The number of amides is 2. The maximum absolute atomic E-state index is 11.8. The third-order valence-corrected chi connectivity index (χ3v) is 3.82. The van der Waals surface area contributed by atoms with E-state index in [0.717, 1.165) is 25.9 Å². The number of benzene rings is 1. The standard InChI is InChI=1S/C16H24N2O/c1-2-17-16(19)18-12-6-9-15(13-18)11-10-14-7-4-3-5-8-14/h3-5,7-8,15H,2,6,9-13H2,1H3,(H,17,19)/t15-/m0/s1. The third kappa shape index (κ3) is 4.27. The molecule has 1 heterocycles. The van der Waals surface area contributed by atoms with Gasteiger partial charge in [-0.2, -0.15) is 0 Å². The Labute approximate surface area is 116 Å². The van der Waals surface area contributed by atoms with Crippen molar-refractivity contribution in [3.05, 3.63) is 35.9 Å². The van der Waals surface area contributed by atoms with Gasteiger partial charge in [0, 0.05) is 19.6 Å². The molecule has 1 aromatic rings. The summed E-state index contributed by atoms with van der Waals surface area (Å²) in [7, 11) is 0. The van der Waals surface area contributed by atoms with Crippen LogP contribution in [-0.2, 0) is 6.42 Å². The van der Waals surface area contributed by atoms with Crippen molar-refractivity contribution in [1.29, 1.82) is 0 Å². The fourth-order valence-electron chi connectivity index (χ4n) is 2.76. The highest BCUT2D eigenvalue weighted by atomic mass is 16.2. The zero-order valence-corrected chi connectivity index (χ0v) is 11.8. The van der Waals surface area contributed by atoms with Crippen molar-refractivity contribution in [1.82, 2.24) is 10.2 Å².